The number of nitrogens with two attached hydrogens (primary N) is 1. The van der Waals surface area contributed by atoms with Gasteiger partial charge in [0.2, 0.25) is 0 Å². The number of aromatic nitrogens is 2. The first-order chi connectivity index (χ1) is 8.81. The zero-order valence-corrected chi connectivity index (χ0v) is 10.6. The second kappa shape index (κ2) is 4.66. The molecule has 4 heteroatoms. The number of nitrogen functional groups attached to an aromatic ring is 1. The minimum atomic E-state index is 0.612. The third-order valence-corrected chi connectivity index (χ3v) is 3.45. The molecule has 0 unspecified atom stereocenters. The number of anilines is 1. The maximum absolute atomic E-state index is 5.65. The zero-order valence-electron chi connectivity index (χ0n) is 9.78. The highest BCUT2D eigenvalue weighted by Gasteiger charge is 2.04. The number of hydrogen-bond acceptors (Lipinski definition) is 3. The summed E-state index contributed by atoms with van der Waals surface area (Å²) in [6, 6.07) is 12.5. The van der Waals surface area contributed by atoms with Crippen molar-refractivity contribution in [1.82, 2.24) is 9.55 Å². The van der Waals surface area contributed by atoms with Crippen LogP contribution in [0.1, 0.15) is 5.56 Å². The van der Waals surface area contributed by atoms with Gasteiger partial charge in [0.1, 0.15) is 0 Å². The molecule has 0 radical (unpaired) electrons. The molecule has 0 amide bonds. The van der Waals surface area contributed by atoms with Crippen LogP contribution >= 0.6 is 11.3 Å². The Morgan fingerprint density at radius 2 is 2.00 bits per heavy atom. The quantitative estimate of drug-likeness (QED) is 0.780. The average molecular weight is 255 g/mol. The van der Waals surface area contributed by atoms with Crippen molar-refractivity contribution in [1.29, 1.82) is 0 Å². The molecule has 0 aliphatic rings. The summed E-state index contributed by atoms with van der Waals surface area (Å²) < 4.78 is 2.15. The van der Waals surface area contributed by atoms with E-state index in [0.717, 1.165) is 17.8 Å². The summed E-state index contributed by atoms with van der Waals surface area (Å²) >= 11 is 1.47. The highest BCUT2D eigenvalue weighted by atomic mass is 32.1. The molecular formula is C14H13N3S. The third kappa shape index (κ3) is 2.28. The molecule has 1 aromatic carbocycles. The first-order valence-corrected chi connectivity index (χ1v) is 6.60. The maximum atomic E-state index is 5.65. The van der Waals surface area contributed by atoms with Crippen LogP contribution < -0.4 is 5.73 Å². The van der Waals surface area contributed by atoms with Gasteiger partial charge in [-0.3, -0.25) is 0 Å². The van der Waals surface area contributed by atoms with Gasteiger partial charge >= 0.3 is 0 Å². The fourth-order valence-electron chi connectivity index (χ4n) is 1.91. The van der Waals surface area contributed by atoms with Gasteiger partial charge in [0, 0.05) is 29.9 Å². The van der Waals surface area contributed by atoms with E-state index in [1.54, 1.807) is 0 Å². The van der Waals surface area contributed by atoms with Gasteiger partial charge in [-0.05, 0) is 11.6 Å². The van der Waals surface area contributed by atoms with E-state index in [1.165, 1.54) is 16.9 Å². The summed E-state index contributed by atoms with van der Waals surface area (Å²) in [7, 11) is 0. The van der Waals surface area contributed by atoms with Gasteiger partial charge in [-0.1, -0.05) is 30.3 Å². The molecule has 0 saturated heterocycles. The molecule has 2 N–H and O–H groups in total. The molecular weight excluding hydrogens is 242 g/mol. The van der Waals surface area contributed by atoms with Crippen molar-refractivity contribution < 1.29 is 0 Å². The molecule has 0 spiro atoms. The van der Waals surface area contributed by atoms with E-state index in [9.17, 15) is 0 Å². The van der Waals surface area contributed by atoms with Crippen molar-refractivity contribution in [3.8, 4) is 11.3 Å². The highest BCUT2D eigenvalue weighted by molar-refractivity contribution is 7.13. The Labute approximate surface area is 110 Å². The summed E-state index contributed by atoms with van der Waals surface area (Å²) in [4.78, 5) is 4.28. The fraction of sp³-hybridized carbons (Fsp3) is 0.0714. The van der Waals surface area contributed by atoms with Crippen molar-refractivity contribution in [3.05, 3.63) is 59.7 Å². The minimum absolute atomic E-state index is 0.612. The van der Waals surface area contributed by atoms with E-state index in [2.05, 4.69) is 52.3 Å². The van der Waals surface area contributed by atoms with E-state index in [4.69, 9.17) is 5.73 Å². The van der Waals surface area contributed by atoms with Gasteiger partial charge in [-0.15, -0.1) is 11.3 Å². The van der Waals surface area contributed by atoms with E-state index in [0.29, 0.717) is 5.13 Å². The van der Waals surface area contributed by atoms with Crippen molar-refractivity contribution in [2.24, 2.45) is 0 Å². The van der Waals surface area contributed by atoms with Crippen LogP contribution in [0.15, 0.2) is 54.2 Å². The highest BCUT2D eigenvalue weighted by Crippen LogP contribution is 2.23. The lowest BCUT2D eigenvalue weighted by molar-refractivity contribution is 0.807. The number of nitrogens with zero attached hydrogens (tertiary/aromatic N) is 2. The predicted molar refractivity (Wildman–Crippen MR) is 75.5 cm³/mol. The van der Waals surface area contributed by atoms with Crippen molar-refractivity contribution >= 4 is 16.5 Å². The summed E-state index contributed by atoms with van der Waals surface area (Å²) in [5.41, 5.74) is 8.99. The van der Waals surface area contributed by atoms with Crippen molar-refractivity contribution in [3.63, 3.8) is 0 Å². The van der Waals surface area contributed by atoms with Crippen LogP contribution in [-0.4, -0.2) is 9.55 Å². The fourth-order valence-corrected chi connectivity index (χ4v) is 2.48. The molecule has 0 saturated carbocycles. The van der Waals surface area contributed by atoms with E-state index >= 15 is 0 Å². The molecule has 3 aromatic rings. The summed E-state index contributed by atoms with van der Waals surface area (Å²) in [6.45, 7) is 0.875. The SMILES string of the molecule is Nc1nc(-c2ccn(Cc3ccccc3)c2)cs1. The van der Waals surface area contributed by atoms with Crippen LogP contribution in [0.25, 0.3) is 11.3 Å². The van der Waals surface area contributed by atoms with Crippen molar-refractivity contribution in [2.45, 2.75) is 6.54 Å². The topological polar surface area (TPSA) is 43.8 Å². The Balaban J connectivity index is 1.82. The molecule has 90 valence electrons. The molecule has 0 fully saturated rings. The van der Waals surface area contributed by atoms with Crippen LogP contribution in [-0.2, 0) is 6.54 Å². The predicted octanol–water partition coefficient (Wildman–Crippen LogP) is 3.24. The Morgan fingerprint density at radius 1 is 1.17 bits per heavy atom. The molecule has 18 heavy (non-hydrogen) atoms. The molecule has 0 aliphatic heterocycles. The van der Waals surface area contributed by atoms with Crippen LogP contribution in [0.4, 0.5) is 5.13 Å². The van der Waals surface area contributed by atoms with Crippen LogP contribution in [0.3, 0.4) is 0 Å². The van der Waals surface area contributed by atoms with Crippen LogP contribution in [0.2, 0.25) is 0 Å². The summed E-state index contributed by atoms with van der Waals surface area (Å²) in [5, 5.41) is 2.60. The summed E-state index contributed by atoms with van der Waals surface area (Å²) in [5.74, 6) is 0. The zero-order chi connectivity index (χ0) is 12.4. The second-order valence-corrected chi connectivity index (χ2v) is 5.02. The van der Waals surface area contributed by atoms with Gasteiger partial charge < -0.3 is 10.3 Å². The Bertz CT molecular complexity index is 640. The lowest BCUT2D eigenvalue weighted by Crippen LogP contribution is -1.95. The van der Waals surface area contributed by atoms with Gasteiger partial charge in [-0.25, -0.2) is 4.98 Å². The third-order valence-electron chi connectivity index (χ3n) is 2.78. The largest absolute Gasteiger partial charge is 0.375 e. The normalized spacial score (nSPS) is 10.7. The molecule has 0 atom stereocenters. The lowest BCUT2D eigenvalue weighted by Gasteiger charge is -2.02. The first kappa shape index (κ1) is 11.0. The number of hydrogen-bond donors (Lipinski definition) is 1. The lowest BCUT2D eigenvalue weighted by atomic mass is 10.2. The Hall–Kier alpha value is -2.07. The standard InChI is InChI=1S/C14H13N3S/c15-14-16-13(10-18-14)12-6-7-17(9-12)8-11-4-2-1-3-5-11/h1-7,9-10H,8H2,(H2,15,16). The molecule has 2 aromatic heterocycles. The van der Waals surface area contributed by atoms with E-state index < -0.39 is 0 Å². The van der Waals surface area contributed by atoms with Gasteiger partial charge in [0.25, 0.3) is 0 Å². The molecule has 0 aliphatic carbocycles. The minimum Gasteiger partial charge on any atom is -0.375 e. The smallest absolute Gasteiger partial charge is 0.180 e. The van der Waals surface area contributed by atoms with Crippen LogP contribution in [0.5, 0.6) is 0 Å². The van der Waals surface area contributed by atoms with E-state index in [-0.39, 0.29) is 0 Å². The molecule has 2 heterocycles. The van der Waals surface area contributed by atoms with E-state index in [1.807, 2.05) is 11.4 Å². The number of benzene rings is 1. The first-order valence-electron chi connectivity index (χ1n) is 5.72. The van der Waals surface area contributed by atoms with Crippen molar-refractivity contribution in [2.75, 3.05) is 5.73 Å². The monoisotopic (exact) mass is 255 g/mol. The Morgan fingerprint density at radius 3 is 2.72 bits per heavy atom. The molecule has 0 bridgehead atoms. The van der Waals surface area contributed by atoms with Gasteiger partial charge in [0.05, 0.1) is 5.69 Å². The second-order valence-electron chi connectivity index (χ2n) is 4.13. The number of thiazole rings is 1. The Kier molecular flexibility index (Phi) is 2.86. The van der Waals surface area contributed by atoms with Crippen LogP contribution in [0, 0.1) is 0 Å². The van der Waals surface area contributed by atoms with Gasteiger partial charge in [-0.2, -0.15) is 0 Å². The number of rotatable bonds is 3. The average Bonchev–Trinajstić information content (AvgIpc) is 2.99. The molecule has 3 nitrogen and oxygen atoms in total. The summed E-state index contributed by atoms with van der Waals surface area (Å²) in [6.07, 6.45) is 4.17. The molecule has 3 rings (SSSR count). The van der Waals surface area contributed by atoms with Gasteiger partial charge in [0.15, 0.2) is 5.13 Å². The maximum Gasteiger partial charge on any atom is 0.180 e.